The first-order chi connectivity index (χ1) is 13.1. The number of ether oxygens (including phenoxy) is 1. The van der Waals surface area contributed by atoms with Crippen LogP contribution in [0.3, 0.4) is 0 Å². The summed E-state index contributed by atoms with van der Waals surface area (Å²) in [4.78, 5) is 26.7. The Morgan fingerprint density at radius 3 is 2.67 bits per heavy atom. The minimum Gasteiger partial charge on any atom is -0.477 e. The number of amides is 2. The van der Waals surface area contributed by atoms with Gasteiger partial charge in [-0.05, 0) is 42.8 Å². The Balaban J connectivity index is 1.71. The van der Waals surface area contributed by atoms with E-state index in [1.807, 2.05) is 30.0 Å². The Bertz CT molecular complexity index is 810. The highest BCUT2D eigenvalue weighted by molar-refractivity contribution is 6.30. The normalized spacial score (nSPS) is 15.5. The van der Waals surface area contributed by atoms with Crippen LogP contribution < -0.4 is 20.3 Å². The highest BCUT2D eigenvalue weighted by atomic mass is 35.5. The fraction of sp³-hybridized carbons (Fsp3) is 0.300. The third kappa shape index (κ3) is 4.92. The third-order valence-corrected chi connectivity index (χ3v) is 4.42. The highest BCUT2D eigenvalue weighted by Crippen LogP contribution is 2.33. The summed E-state index contributed by atoms with van der Waals surface area (Å²) in [5, 5.41) is 6.30. The lowest BCUT2D eigenvalue weighted by atomic mass is 10.1. The summed E-state index contributed by atoms with van der Waals surface area (Å²) >= 11 is 5.87. The van der Waals surface area contributed by atoms with Crippen molar-refractivity contribution < 1.29 is 14.3 Å². The van der Waals surface area contributed by atoms with Gasteiger partial charge in [0.05, 0.1) is 18.8 Å². The molecule has 142 valence electrons. The molecule has 0 radical (unpaired) electrons. The standard InChI is InChI=1S/C20H22ClN3O3/c1-2-11-22-20(26)18-12-24(16-5-3-4-6-17(16)27-18)13-19(25)23-15-9-7-14(21)8-10-15/h3-10,18H,2,11-13H2,1H3,(H,22,26)(H,23,25)/t18-/m1/s1. The van der Waals surface area contributed by atoms with E-state index in [1.54, 1.807) is 30.3 Å². The summed E-state index contributed by atoms with van der Waals surface area (Å²) < 4.78 is 5.83. The number of nitrogens with one attached hydrogen (secondary N) is 2. The number of fused-ring (bicyclic) bond motifs is 1. The molecule has 7 heteroatoms. The van der Waals surface area contributed by atoms with Crippen molar-refractivity contribution in [2.45, 2.75) is 19.4 Å². The second kappa shape index (κ2) is 8.77. The number of benzene rings is 2. The molecule has 0 bridgehead atoms. The lowest BCUT2D eigenvalue weighted by Crippen LogP contribution is -2.50. The maximum absolute atomic E-state index is 12.5. The van der Waals surface area contributed by atoms with E-state index in [4.69, 9.17) is 16.3 Å². The minimum absolute atomic E-state index is 0.112. The van der Waals surface area contributed by atoms with Crippen LogP contribution in [0.1, 0.15) is 13.3 Å². The molecular weight excluding hydrogens is 366 g/mol. The summed E-state index contributed by atoms with van der Waals surface area (Å²) in [6.45, 7) is 3.00. The summed E-state index contributed by atoms with van der Waals surface area (Å²) in [6, 6.07) is 14.3. The van der Waals surface area contributed by atoms with E-state index in [0.717, 1.165) is 12.1 Å². The van der Waals surface area contributed by atoms with Crippen molar-refractivity contribution in [1.29, 1.82) is 0 Å². The molecule has 1 atom stereocenters. The zero-order valence-electron chi connectivity index (χ0n) is 15.1. The summed E-state index contributed by atoms with van der Waals surface area (Å²) in [6.07, 6.45) is 0.192. The number of nitrogens with zero attached hydrogens (tertiary/aromatic N) is 1. The van der Waals surface area contributed by atoms with E-state index in [2.05, 4.69) is 10.6 Å². The van der Waals surface area contributed by atoms with Gasteiger partial charge < -0.3 is 20.3 Å². The van der Waals surface area contributed by atoms with Crippen LogP contribution in [-0.4, -0.2) is 37.6 Å². The van der Waals surface area contributed by atoms with Crippen molar-refractivity contribution in [3.05, 3.63) is 53.6 Å². The Kier molecular flexibility index (Phi) is 6.19. The van der Waals surface area contributed by atoms with Crippen LogP contribution in [0.5, 0.6) is 5.75 Å². The Morgan fingerprint density at radius 1 is 1.19 bits per heavy atom. The van der Waals surface area contributed by atoms with Crippen LogP contribution in [0.4, 0.5) is 11.4 Å². The first-order valence-corrected chi connectivity index (χ1v) is 9.28. The monoisotopic (exact) mass is 387 g/mol. The molecule has 27 heavy (non-hydrogen) atoms. The molecule has 0 unspecified atom stereocenters. The molecule has 0 fully saturated rings. The van der Waals surface area contributed by atoms with Gasteiger partial charge in [0.25, 0.3) is 5.91 Å². The molecule has 2 amide bonds. The number of anilines is 2. The first kappa shape index (κ1) is 19.0. The van der Waals surface area contributed by atoms with Gasteiger partial charge in [0, 0.05) is 17.3 Å². The fourth-order valence-corrected chi connectivity index (χ4v) is 2.99. The van der Waals surface area contributed by atoms with Gasteiger partial charge in [0.15, 0.2) is 6.10 Å². The average molecular weight is 388 g/mol. The van der Waals surface area contributed by atoms with E-state index in [9.17, 15) is 9.59 Å². The van der Waals surface area contributed by atoms with E-state index in [-0.39, 0.29) is 18.4 Å². The molecule has 1 aliphatic rings. The number of rotatable bonds is 6. The molecule has 2 N–H and O–H groups in total. The predicted molar refractivity (Wildman–Crippen MR) is 106 cm³/mol. The van der Waals surface area contributed by atoms with E-state index in [0.29, 0.717) is 29.5 Å². The average Bonchev–Trinajstić information content (AvgIpc) is 2.67. The van der Waals surface area contributed by atoms with Gasteiger partial charge in [-0.15, -0.1) is 0 Å². The Hall–Kier alpha value is -2.73. The van der Waals surface area contributed by atoms with Crippen LogP contribution in [0, 0.1) is 0 Å². The molecule has 0 saturated carbocycles. The Morgan fingerprint density at radius 2 is 1.93 bits per heavy atom. The van der Waals surface area contributed by atoms with Crippen molar-refractivity contribution >= 4 is 34.8 Å². The molecule has 3 rings (SSSR count). The Labute approximate surface area is 163 Å². The first-order valence-electron chi connectivity index (χ1n) is 8.90. The zero-order chi connectivity index (χ0) is 19.2. The summed E-state index contributed by atoms with van der Waals surface area (Å²) in [5.41, 5.74) is 1.46. The van der Waals surface area contributed by atoms with Crippen molar-refractivity contribution in [3.8, 4) is 5.75 Å². The number of halogens is 1. The lowest BCUT2D eigenvalue weighted by molar-refractivity contribution is -0.128. The van der Waals surface area contributed by atoms with Crippen LogP contribution in [0.15, 0.2) is 48.5 Å². The second-order valence-corrected chi connectivity index (χ2v) is 6.74. The van der Waals surface area contributed by atoms with E-state index in [1.165, 1.54) is 0 Å². The zero-order valence-corrected chi connectivity index (χ0v) is 15.8. The number of hydrogen-bond donors (Lipinski definition) is 2. The SMILES string of the molecule is CCCNC(=O)[C@H]1CN(CC(=O)Nc2ccc(Cl)cc2)c2ccccc2O1. The van der Waals surface area contributed by atoms with Gasteiger partial charge in [-0.2, -0.15) is 0 Å². The maximum atomic E-state index is 12.5. The molecule has 0 aliphatic carbocycles. The summed E-state index contributed by atoms with van der Waals surface area (Å²) in [5.74, 6) is 0.246. The fourth-order valence-electron chi connectivity index (χ4n) is 2.86. The topological polar surface area (TPSA) is 70.7 Å². The van der Waals surface area contributed by atoms with Crippen molar-refractivity contribution in [2.24, 2.45) is 0 Å². The van der Waals surface area contributed by atoms with Gasteiger partial charge in [-0.1, -0.05) is 30.7 Å². The number of para-hydroxylation sites is 2. The lowest BCUT2D eigenvalue weighted by Gasteiger charge is -2.35. The van der Waals surface area contributed by atoms with Crippen LogP contribution in [-0.2, 0) is 9.59 Å². The molecule has 2 aromatic rings. The van der Waals surface area contributed by atoms with Gasteiger partial charge in [-0.3, -0.25) is 9.59 Å². The quantitative estimate of drug-likeness (QED) is 0.799. The van der Waals surface area contributed by atoms with E-state index >= 15 is 0 Å². The molecule has 1 heterocycles. The van der Waals surface area contributed by atoms with Crippen molar-refractivity contribution in [3.63, 3.8) is 0 Å². The minimum atomic E-state index is -0.658. The molecule has 1 aliphatic heterocycles. The van der Waals surface area contributed by atoms with Gasteiger partial charge >= 0.3 is 0 Å². The molecule has 0 spiro atoms. The molecule has 0 aromatic heterocycles. The van der Waals surface area contributed by atoms with Crippen LogP contribution in [0.2, 0.25) is 5.02 Å². The predicted octanol–water partition coefficient (Wildman–Crippen LogP) is 3.07. The van der Waals surface area contributed by atoms with Crippen molar-refractivity contribution in [2.75, 3.05) is 29.9 Å². The summed E-state index contributed by atoms with van der Waals surface area (Å²) in [7, 11) is 0. The largest absolute Gasteiger partial charge is 0.477 e. The van der Waals surface area contributed by atoms with E-state index < -0.39 is 6.10 Å². The molecule has 0 saturated heterocycles. The van der Waals surface area contributed by atoms with Gasteiger partial charge in [-0.25, -0.2) is 0 Å². The van der Waals surface area contributed by atoms with Gasteiger partial charge in [0.1, 0.15) is 5.75 Å². The number of hydrogen-bond acceptors (Lipinski definition) is 4. The van der Waals surface area contributed by atoms with Gasteiger partial charge in [0.2, 0.25) is 5.91 Å². The molecular formula is C20H22ClN3O3. The maximum Gasteiger partial charge on any atom is 0.262 e. The molecule has 2 aromatic carbocycles. The highest BCUT2D eigenvalue weighted by Gasteiger charge is 2.31. The number of carbonyl (C=O) groups is 2. The smallest absolute Gasteiger partial charge is 0.262 e. The van der Waals surface area contributed by atoms with Crippen LogP contribution >= 0.6 is 11.6 Å². The van der Waals surface area contributed by atoms with Crippen LogP contribution in [0.25, 0.3) is 0 Å². The second-order valence-electron chi connectivity index (χ2n) is 6.30. The molecule has 6 nitrogen and oxygen atoms in total. The number of carbonyl (C=O) groups excluding carboxylic acids is 2. The van der Waals surface area contributed by atoms with Crippen molar-refractivity contribution in [1.82, 2.24) is 5.32 Å². The third-order valence-electron chi connectivity index (χ3n) is 4.17.